The van der Waals surface area contributed by atoms with Crippen molar-refractivity contribution in [3.8, 4) is 0 Å². The van der Waals surface area contributed by atoms with Gasteiger partial charge in [-0.25, -0.2) is 9.97 Å². The van der Waals surface area contributed by atoms with Gasteiger partial charge in [0.2, 0.25) is 5.91 Å². The highest BCUT2D eigenvalue weighted by atomic mass is 35.5. The van der Waals surface area contributed by atoms with Crippen LogP contribution in [0, 0.1) is 0 Å². The Hall–Kier alpha value is -2.91. The molecule has 3 fully saturated rings. The van der Waals surface area contributed by atoms with E-state index >= 15 is 0 Å². The topological polar surface area (TPSA) is 108 Å². The number of halogens is 1. The Morgan fingerprint density at radius 3 is 2.49 bits per heavy atom. The van der Waals surface area contributed by atoms with Gasteiger partial charge in [-0.05, 0) is 68.8 Å². The molecule has 1 aliphatic carbocycles. The molecule has 198 valence electrons. The number of likely N-dealkylation sites (tertiary alicyclic amines) is 2. The standard InChI is InChI=1S/C27H36ClN7O2/c1-33(22-11-15-35(17-22)24(36)8-12-28)23-16-30-25(26(29)37)27(32-23)31-20-4-2-18(3-5-20)19-9-13-34(14-10-19)21-6-7-21/h2-5,16,19,21-22H,6-15,17H2,1H3,(H2,29,37)(H,31,32)/t22-/m1/s1. The lowest BCUT2D eigenvalue weighted by atomic mass is 9.89. The fourth-order valence-electron chi connectivity index (χ4n) is 5.54. The average Bonchev–Trinajstić information content (AvgIpc) is 3.64. The first kappa shape index (κ1) is 25.7. The molecule has 3 aliphatic rings. The molecule has 1 aromatic carbocycles. The van der Waals surface area contributed by atoms with Crippen molar-refractivity contribution in [2.24, 2.45) is 5.73 Å². The number of nitrogens with one attached hydrogen (secondary N) is 1. The van der Waals surface area contributed by atoms with Gasteiger partial charge in [-0.1, -0.05) is 12.1 Å². The minimum atomic E-state index is -0.637. The zero-order valence-corrected chi connectivity index (χ0v) is 22.2. The number of piperidine rings is 1. The van der Waals surface area contributed by atoms with Crippen molar-refractivity contribution in [1.82, 2.24) is 19.8 Å². The number of nitrogens with two attached hydrogens (primary N) is 1. The van der Waals surface area contributed by atoms with Gasteiger partial charge in [-0.15, -0.1) is 11.6 Å². The van der Waals surface area contributed by atoms with Gasteiger partial charge in [0.05, 0.1) is 6.20 Å². The van der Waals surface area contributed by atoms with E-state index < -0.39 is 5.91 Å². The van der Waals surface area contributed by atoms with E-state index in [2.05, 4.69) is 27.3 Å². The Kier molecular flexibility index (Phi) is 7.81. The number of rotatable bonds is 9. The summed E-state index contributed by atoms with van der Waals surface area (Å²) in [6.45, 7) is 3.67. The summed E-state index contributed by atoms with van der Waals surface area (Å²) < 4.78 is 0. The number of anilines is 3. The number of aromatic nitrogens is 2. The van der Waals surface area contributed by atoms with Crippen LogP contribution in [0.5, 0.6) is 0 Å². The Bertz CT molecular complexity index is 1120. The van der Waals surface area contributed by atoms with Gasteiger partial charge < -0.3 is 25.8 Å². The number of hydrogen-bond acceptors (Lipinski definition) is 7. The number of nitrogens with zero attached hydrogens (tertiary/aromatic N) is 5. The van der Waals surface area contributed by atoms with Crippen molar-refractivity contribution in [1.29, 1.82) is 0 Å². The Morgan fingerprint density at radius 2 is 1.84 bits per heavy atom. The normalized spacial score (nSPS) is 20.7. The minimum absolute atomic E-state index is 0.0697. The van der Waals surface area contributed by atoms with Crippen LogP contribution in [0.3, 0.4) is 0 Å². The molecule has 5 rings (SSSR count). The molecule has 3 heterocycles. The predicted molar refractivity (Wildman–Crippen MR) is 146 cm³/mol. The summed E-state index contributed by atoms with van der Waals surface area (Å²) in [4.78, 5) is 39.8. The first-order chi connectivity index (χ1) is 17.9. The number of benzene rings is 1. The van der Waals surface area contributed by atoms with Gasteiger partial charge in [0, 0.05) is 50.2 Å². The van der Waals surface area contributed by atoms with E-state index in [1.54, 1.807) is 6.20 Å². The zero-order chi connectivity index (χ0) is 25.9. The van der Waals surface area contributed by atoms with Crippen molar-refractivity contribution in [3.63, 3.8) is 0 Å². The van der Waals surface area contributed by atoms with E-state index in [0.717, 1.165) is 18.2 Å². The van der Waals surface area contributed by atoms with Crippen LogP contribution in [0.15, 0.2) is 30.5 Å². The highest BCUT2D eigenvalue weighted by molar-refractivity contribution is 6.18. The molecule has 37 heavy (non-hydrogen) atoms. The fourth-order valence-corrected chi connectivity index (χ4v) is 5.70. The molecular formula is C27H36ClN7O2. The predicted octanol–water partition coefficient (Wildman–Crippen LogP) is 3.33. The molecule has 1 aromatic heterocycles. The highest BCUT2D eigenvalue weighted by Crippen LogP contribution is 2.35. The summed E-state index contributed by atoms with van der Waals surface area (Å²) in [7, 11) is 1.93. The van der Waals surface area contributed by atoms with Crippen LogP contribution in [0.1, 0.15) is 60.5 Å². The molecule has 2 aromatic rings. The first-order valence-electron chi connectivity index (χ1n) is 13.3. The summed E-state index contributed by atoms with van der Waals surface area (Å²) in [5.74, 6) is 1.29. The van der Waals surface area contributed by atoms with E-state index in [1.165, 1.54) is 44.3 Å². The molecule has 0 unspecified atom stereocenters. The summed E-state index contributed by atoms with van der Waals surface area (Å²) in [6.07, 6.45) is 7.87. The van der Waals surface area contributed by atoms with Crippen molar-refractivity contribution in [2.75, 3.05) is 49.3 Å². The van der Waals surface area contributed by atoms with Crippen LogP contribution < -0.4 is 16.0 Å². The van der Waals surface area contributed by atoms with E-state index in [0.29, 0.717) is 42.9 Å². The van der Waals surface area contributed by atoms with Crippen molar-refractivity contribution in [3.05, 3.63) is 41.7 Å². The van der Waals surface area contributed by atoms with Gasteiger partial charge in [-0.3, -0.25) is 9.59 Å². The van der Waals surface area contributed by atoms with Crippen molar-refractivity contribution in [2.45, 2.75) is 56.5 Å². The van der Waals surface area contributed by atoms with E-state index in [1.807, 2.05) is 29.0 Å². The number of primary amides is 1. The Morgan fingerprint density at radius 1 is 1.11 bits per heavy atom. The number of hydrogen-bond donors (Lipinski definition) is 2. The summed E-state index contributed by atoms with van der Waals surface area (Å²) in [6, 6.07) is 9.34. The van der Waals surface area contributed by atoms with Gasteiger partial charge in [0.15, 0.2) is 11.5 Å². The summed E-state index contributed by atoms with van der Waals surface area (Å²) in [5.41, 5.74) is 7.88. The number of alkyl halides is 1. The zero-order valence-electron chi connectivity index (χ0n) is 21.4. The van der Waals surface area contributed by atoms with Crippen molar-refractivity contribution < 1.29 is 9.59 Å². The number of carbonyl (C=O) groups is 2. The lowest BCUT2D eigenvalue weighted by Crippen LogP contribution is -2.37. The van der Waals surface area contributed by atoms with Crippen LogP contribution in [0.4, 0.5) is 17.3 Å². The largest absolute Gasteiger partial charge is 0.364 e. The molecule has 0 bridgehead atoms. The number of amides is 2. The van der Waals surface area contributed by atoms with Crippen LogP contribution in [0.2, 0.25) is 0 Å². The molecule has 1 saturated carbocycles. The smallest absolute Gasteiger partial charge is 0.271 e. The molecule has 10 heteroatoms. The van der Waals surface area contributed by atoms with Crippen LogP contribution in [-0.2, 0) is 4.79 Å². The SMILES string of the molecule is CN(c1cnc(C(N)=O)c(Nc2ccc(C3CCN(C4CC4)CC3)cc2)n1)[C@@H]1CCN(C(=O)CCCl)C1. The minimum Gasteiger partial charge on any atom is -0.364 e. The molecule has 0 radical (unpaired) electrons. The van der Waals surface area contributed by atoms with Gasteiger partial charge in [0.1, 0.15) is 5.82 Å². The van der Waals surface area contributed by atoms with Crippen LogP contribution in [0.25, 0.3) is 0 Å². The highest BCUT2D eigenvalue weighted by Gasteiger charge is 2.32. The molecule has 3 N–H and O–H groups in total. The van der Waals surface area contributed by atoms with Gasteiger partial charge in [-0.2, -0.15) is 0 Å². The quantitative estimate of drug-likeness (QED) is 0.483. The second-order valence-corrected chi connectivity index (χ2v) is 10.8. The monoisotopic (exact) mass is 525 g/mol. The average molecular weight is 526 g/mol. The number of carbonyl (C=O) groups excluding carboxylic acids is 2. The lowest BCUT2D eigenvalue weighted by Gasteiger charge is -2.32. The maximum absolute atomic E-state index is 12.2. The van der Waals surface area contributed by atoms with E-state index in [4.69, 9.17) is 22.3 Å². The van der Waals surface area contributed by atoms with E-state index in [-0.39, 0.29) is 17.6 Å². The third-order valence-corrected chi connectivity index (χ3v) is 8.15. The van der Waals surface area contributed by atoms with Gasteiger partial charge in [0.25, 0.3) is 5.91 Å². The third-order valence-electron chi connectivity index (χ3n) is 7.96. The molecule has 1 atom stereocenters. The van der Waals surface area contributed by atoms with E-state index in [9.17, 15) is 9.59 Å². The fraction of sp³-hybridized carbons (Fsp3) is 0.556. The molecule has 9 nitrogen and oxygen atoms in total. The van der Waals surface area contributed by atoms with Crippen molar-refractivity contribution >= 4 is 40.7 Å². The molecule has 2 aliphatic heterocycles. The second-order valence-electron chi connectivity index (χ2n) is 10.4. The Labute approximate surface area is 223 Å². The molecule has 0 spiro atoms. The molecule has 2 amide bonds. The second kappa shape index (κ2) is 11.2. The van der Waals surface area contributed by atoms with Gasteiger partial charge >= 0.3 is 0 Å². The third kappa shape index (κ3) is 5.99. The maximum Gasteiger partial charge on any atom is 0.271 e. The van der Waals surface area contributed by atoms with Crippen LogP contribution >= 0.6 is 11.6 Å². The Balaban J connectivity index is 1.26. The van der Waals surface area contributed by atoms with Crippen LogP contribution in [-0.4, -0.2) is 82.8 Å². The molecule has 2 saturated heterocycles. The summed E-state index contributed by atoms with van der Waals surface area (Å²) in [5, 5.41) is 3.26. The first-order valence-corrected chi connectivity index (χ1v) is 13.8. The number of likely N-dealkylation sites (N-methyl/N-ethyl adjacent to an activating group) is 1. The maximum atomic E-state index is 12.2. The lowest BCUT2D eigenvalue weighted by molar-refractivity contribution is -0.129. The summed E-state index contributed by atoms with van der Waals surface area (Å²) >= 11 is 5.74. The molecular weight excluding hydrogens is 490 g/mol.